The molecule has 0 spiro atoms. The highest BCUT2D eigenvalue weighted by atomic mass is 15.0. The minimum atomic E-state index is 0.549. The zero-order chi connectivity index (χ0) is 9.97. The van der Waals surface area contributed by atoms with Crippen molar-refractivity contribution in [3.8, 4) is 0 Å². The molecule has 2 rings (SSSR count). The van der Waals surface area contributed by atoms with Gasteiger partial charge in [-0.3, -0.25) is 0 Å². The molecule has 2 N–H and O–H groups in total. The molecule has 0 unspecified atom stereocenters. The maximum Gasteiger partial charge on any atom is 0.112 e. The Morgan fingerprint density at radius 1 is 1.50 bits per heavy atom. The highest BCUT2D eigenvalue weighted by Gasteiger charge is 2.22. The molecule has 0 atom stereocenters. The van der Waals surface area contributed by atoms with Crippen LogP contribution in [0.15, 0.2) is 12.7 Å². The average molecular weight is 189 g/mol. The first kappa shape index (κ1) is 9.21. The van der Waals surface area contributed by atoms with Gasteiger partial charge in [-0.05, 0) is 19.1 Å². The first-order valence-electron chi connectivity index (χ1n) is 4.91. The highest BCUT2D eigenvalue weighted by Crippen LogP contribution is 2.19. The summed E-state index contributed by atoms with van der Waals surface area (Å²) in [5.41, 5.74) is 2.01. The second-order valence-corrected chi connectivity index (χ2v) is 3.48. The van der Waals surface area contributed by atoms with E-state index < -0.39 is 0 Å². The fourth-order valence-electron chi connectivity index (χ4n) is 1.54. The minimum Gasteiger partial charge on any atom is -0.342 e. The summed E-state index contributed by atoms with van der Waals surface area (Å²) in [6.07, 6.45) is 5.82. The Morgan fingerprint density at radius 2 is 2.29 bits per heavy atom. The van der Waals surface area contributed by atoms with Crippen LogP contribution < -0.4 is 5.32 Å². The van der Waals surface area contributed by atoms with Gasteiger partial charge < -0.3 is 10.3 Å². The third kappa shape index (κ3) is 1.51. The maximum absolute atomic E-state index is 4.50. The minimum absolute atomic E-state index is 0.549. The van der Waals surface area contributed by atoms with Crippen LogP contribution in [0.4, 0.5) is 0 Å². The molecule has 3 nitrogen and oxygen atoms in total. The molecule has 0 saturated carbocycles. The first-order chi connectivity index (χ1) is 6.85. The molecular formula is C11H15N3. The van der Waals surface area contributed by atoms with Crippen molar-refractivity contribution in [2.45, 2.75) is 12.8 Å². The van der Waals surface area contributed by atoms with Gasteiger partial charge in [0.1, 0.15) is 5.82 Å². The fourth-order valence-corrected chi connectivity index (χ4v) is 1.54. The summed E-state index contributed by atoms with van der Waals surface area (Å²) in [4.78, 5) is 7.83. The lowest BCUT2D eigenvalue weighted by Gasteiger charge is -2.24. The van der Waals surface area contributed by atoms with E-state index in [2.05, 4.69) is 21.9 Å². The van der Waals surface area contributed by atoms with Crippen LogP contribution in [-0.4, -0.2) is 23.1 Å². The normalized spacial score (nSPS) is 17.2. The molecule has 1 aliphatic rings. The molecule has 0 bridgehead atoms. The van der Waals surface area contributed by atoms with Gasteiger partial charge in [-0.1, -0.05) is 12.7 Å². The first-order valence-corrected chi connectivity index (χ1v) is 4.91. The van der Waals surface area contributed by atoms with E-state index in [1.165, 1.54) is 0 Å². The summed E-state index contributed by atoms with van der Waals surface area (Å²) in [5.74, 6) is 1.62. The van der Waals surface area contributed by atoms with Crippen LogP contribution >= 0.6 is 0 Å². The summed E-state index contributed by atoms with van der Waals surface area (Å²) in [5, 5.41) is 3.23. The van der Waals surface area contributed by atoms with E-state index in [0.717, 1.165) is 30.3 Å². The lowest BCUT2D eigenvalue weighted by atomic mass is 10.0. The van der Waals surface area contributed by atoms with E-state index in [9.17, 15) is 0 Å². The number of hydrogen-bond acceptors (Lipinski definition) is 2. The number of aromatic nitrogens is 2. The Kier molecular flexibility index (Phi) is 2.50. The van der Waals surface area contributed by atoms with Gasteiger partial charge >= 0.3 is 0 Å². The van der Waals surface area contributed by atoms with Crippen LogP contribution in [0.25, 0.3) is 12.2 Å². The molecule has 1 saturated heterocycles. The largest absolute Gasteiger partial charge is 0.342 e. The summed E-state index contributed by atoms with van der Waals surface area (Å²) in [7, 11) is 0. The molecule has 0 amide bonds. The van der Waals surface area contributed by atoms with Crippen molar-refractivity contribution in [2.75, 3.05) is 13.1 Å². The molecule has 1 aromatic rings. The standard InChI is InChI=1S/C11H15N3/c1-3-5-10-9(4-2)13-11(14-10)8-6-12-7-8/h3-5,8,12H,2,6-7H2,1H3,(H,13,14)/b5-3-. The molecular weight excluding hydrogens is 174 g/mol. The second kappa shape index (κ2) is 3.80. The summed E-state index contributed by atoms with van der Waals surface area (Å²) < 4.78 is 0. The predicted molar refractivity (Wildman–Crippen MR) is 59.0 cm³/mol. The Bertz CT molecular complexity index is 359. The molecule has 14 heavy (non-hydrogen) atoms. The Hall–Kier alpha value is -1.35. The third-order valence-electron chi connectivity index (χ3n) is 2.47. The van der Waals surface area contributed by atoms with E-state index in [0.29, 0.717) is 5.92 Å². The molecule has 0 radical (unpaired) electrons. The van der Waals surface area contributed by atoms with Gasteiger partial charge in [-0.15, -0.1) is 0 Å². The molecule has 2 heterocycles. The van der Waals surface area contributed by atoms with Gasteiger partial charge in [0, 0.05) is 19.0 Å². The molecule has 3 heteroatoms. The van der Waals surface area contributed by atoms with E-state index in [4.69, 9.17) is 0 Å². The van der Waals surface area contributed by atoms with E-state index in [-0.39, 0.29) is 0 Å². The number of imidazole rings is 1. The Morgan fingerprint density at radius 3 is 2.79 bits per heavy atom. The highest BCUT2D eigenvalue weighted by molar-refractivity contribution is 5.58. The number of nitrogens with one attached hydrogen (secondary N) is 2. The zero-order valence-corrected chi connectivity index (χ0v) is 8.38. The van der Waals surface area contributed by atoms with Crippen molar-refractivity contribution in [2.24, 2.45) is 0 Å². The van der Waals surface area contributed by atoms with E-state index in [1.807, 2.05) is 19.1 Å². The predicted octanol–water partition coefficient (Wildman–Crippen LogP) is 1.77. The SMILES string of the molecule is C=Cc1nc(C2CNC2)[nH]c1/C=C\C. The van der Waals surface area contributed by atoms with Crippen molar-refractivity contribution >= 4 is 12.2 Å². The summed E-state index contributed by atoms with van der Waals surface area (Å²) in [6.45, 7) is 7.81. The topological polar surface area (TPSA) is 40.7 Å². The van der Waals surface area contributed by atoms with Crippen molar-refractivity contribution in [3.63, 3.8) is 0 Å². The van der Waals surface area contributed by atoms with Gasteiger partial charge in [0.2, 0.25) is 0 Å². The molecule has 0 aliphatic carbocycles. The van der Waals surface area contributed by atoms with Crippen LogP contribution in [0.1, 0.15) is 30.1 Å². The summed E-state index contributed by atoms with van der Waals surface area (Å²) in [6, 6.07) is 0. The van der Waals surface area contributed by atoms with Crippen molar-refractivity contribution in [1.82, 2.24) is 15.3 Å². The lowest BCUT2D eigenvalue weighted by molar-refractivity contribution is 0.432. The van der Waals surface area contributed by atoms with Gasteiger partial charge in [0.25, 0.3) is 0 Å². The molecule has 1 fully saturated rings. The Labute approximate surface area is 83.9 Å². The van der Waals surface area contributed by atoms with Crippen molar-refractivity contribution in [1.29, 1.82) is 0 Å². The lowest BCUT2D eigenvalue weighted by Crippen LogP contribution is -2.40. The van der Waals surface area contributed by atoms with Gasteiger partial charge in [0.15, 0.2) is 0 Å². The quantitative estimate of drug-likeness (QED) is 0.760. The van der Waals surface area contributed by atoms with Gasteiger partial charge in [0.05, 0.1) is 11.4 Å². The van der Waals surface area contributed by atoms with Crippen LogP contribution in [-0.2, 0) is 0 Å². The van der Waals surface area contributed by atoms with Crippen molar-refractivity contribution in [3.05, 3.63) is 29.9 Å². The smallest absolute Gasteiger partial charge is 0.112 e. The van der Waals surface area contributed by atoms with Crippen LogP contribution in [0.2, 0.25) is 0 Å². The summed E-state index contributed by atoms with van der Waals surface area (Å²) >= 11 is 0. The third-order valence-corrected chi connectivity index (χ3v) is 2.47. The average Bonchev–Trinajstić information content (AvgIpc) is 2.46. The monoisotopic (exact) mass is 189 g/mol. The molecule has 74 valence electrons. The van der Waals surface area contributed by atoms with Crippen LogP contribution in [0, 0.1) is 0 Å². The van der Waals surface area contributed by atoms with Crippen molar-refractivity contribution < 1.29 is 0 Å². The number of hydrogen-bond donors (Lipinski definition) is 2. The zero-order valence-electron chi connectivity index (χ0n) is 8.38. The molecule has 0 aromatic carbocycles. The number of aromatic amines is 1. The molecule has 1 aliphatic heterocycles. The second-order valence-electron chi connectivity index (χ2n) is 3.48. The van der Waals surface area contributed by atoms with Gasteiger partial charge in [-0.2, -0.15) is 0 Å². The molecule has 1 aromatic heterocycles. The van der Waals surface area contributed by atoms with Crippen LogP contribution in [0.5, 0.6) is 0 Å². The van der Waals surface area contributed by atoms with E-state index >= 15 is 0 Å². The maximum atomic E-state index is 4.50. The van der Waals surface area contributed by atoms with E-state index in [1.54, 1.807) is 6.08 Å². The van der Waals surface area contributed by atoms with Crippen LogP contribution in [0.3, 0.4) is 0 Å². The number of rotatable bonds is 3. The number of allylic oxidation sites excluding steroid dienone is 1. The fraction of sp³-hybridized carbons (Fsp3) is 0.364. The Balaban J connectivity index is 2.29. The number of H-pyrrole nitrogens is 1. The number of nitrogens with zero attached hydrogens (tertiary/aromatic N) is 1. The van der Waals surface area contributed by atoms with Gasteiger partial charge in [-0.25, -0.2) is 4.98 Å².